The van der Waals surface area contributed by atoms with Crippen LogP contribution in [0.5, 0.6) is 5.75 Å². The molecule has 1 N–H and O–H groups in total. The van der Waals surface area contributed by atoms with E-state index in [0.717, 1.165) is 11.4 Å². The molecule has 0 atom stereocenters. The fourth-order valence-corrected chi connectivity index (χ4v) is 3.62. The van der Waals surface area contributed by atoms with Crippen LogP contribution >= 0.6 is 0 Å². The fourth-order valence-electron chi connectivity index (χ4n) is 3.62. The number of hydrogen-bond acceptors (Lipinski definition) is 5. The Labute approximate surface area is 185 Å². The van der Waals surface area contributed by atoms with Gasteiger partial charge in [-0.2, -0.15) is 5.10 Å². The number of anilines is 1. The van der Waals surface area contributed by atoms with Crippen LogP contribution in [0.25, 0.3) is 16.9 Å². The lowest BCUT2D eigenvalue weighted by Gasteiger charge is -2.11. The van der Waals surface area contributed by atoms with E-state index >= 15 is 0 Å². The number of rotatable bonds is 7. The molecule has 0 saturated carbocycles. The highest BCUT2D eigenvalue weighted by Crippen LogP contribution is 2.24. The van der Waals surface area contributed by atoms with Crippen molar-refractivity contribution in [3.63, 3.8) is 0 Å². The molecular formula is C24H25N5O3. The van der Waals surface area contributed by atoms with Gasteiger partial charge in [0.15, 0.2) is 5.65 Å². The van der Waals surface area contributed by atoms with Gasteiger partial charge in [-0.1, -0.05) is 30.3 Å². The van der Waals surface area contributed by atoms with E-state index in [1.165, 1.54) is 0 Å². The first-order chi connectivity index (χ1) is 15.5. The van der Waals surface area contributed by atoms with Crippen molar-refractivity contribution in [1.82, 2.24) is 19.3 Å². The zero-order valence-electron chi connectivity index (χ0n) is 18.3. The summed E-state index contributed by atoms with van der Waals surface area (Å²) < 4.78 is 8.82. The minimum atomic E-state index is -0.239. The molecule has 0 unspecified atom stereocenters. The minimum Gasteiger partial charge on any atom is -0.492 e. The third-order valence-corrected chi connectivity index (χ3v) is 5.17. The molecule has 32 heavy (non-hydrogen) atoms. The van der Waals surface area contributed by atoms with E-state index in [4.69, 9.17) is 4.74 Å². The summed E-state index contributed by atoms with van der Waals surface area (Å²) >= 11 is 0. The monoisotopic (exact) mass is 431 g/mol. The number of benzene rings is 2. The van der Waals surface area contributed by atoms with Crippen LogP contribution in [0.4, 0.5) is 5.69 Å². The number of fused-ring (bicyclic) bond motifs is 1. The standard InChI is InChI=1S/C24H25N5O3/c1-4-32-20-13-9-8-12-18(20)25-21(30)15-14-19-24(31)28(3)23-22(26-19)16(2)27-29(23)17-10-6-5-7-11-17/h5-13H,4,14-15H2,1-3H3,(H,25,30). The molecule has 0 aliphatic carbocycles. The van der Waals surface area contributed by atoms with Crippen molar-refractivity contribution in [2.45, 2.75) is 26.7 Å². The van der Waals surface area contributed by atoms with Crippen LogP contribution in [-0.2, 0) is 18.3 Å². The number of nitrogens with one attached hydrogen (secondary N) is 1. The molecule has 1 amide bonds. The van der Waals surface area contributed by atoms with E-state index in [-0.39, 0.29) is 24.3 Å². The van der Waals surface area contributed by atoms with Crippen molar-refractivity contribution in [2.75, 3.05) is 11.9 Å². The summed E-state index contributed by atoms with van der Waals surface area (Å²) in [5.41, 5.74) is 3.54. The van der Waals surface area contributed by atoms with E-state index < -0.39 is 0 Å². The number of nitrogens with zero attached hydrogens (tertiary/aromatic N) is 4. The lowest BCUT2D eigenvalue weighted by atomic mass is 10.2. The van der Waals surface area contributed by atoms with Crippen molar-refractivity contribution in [1.29, 1.82) is 0 Å². The summed E-state index contributed by atoms with van der Waals surface area (Å²) in [5, 5.41) is 7.44. The first kappa shape index (κ1) is 21.3. The molecule has 8 nitrogen and oxygen atoms in total. The van der Waals surface area contributed by atoms with Gasteiger partial charge in [0, 0.05) is 19.9 Å². The molecule has 2 aromatic heterocycles. The number of para-hydroxylation sites is 3. The molecule has 2 heterocycles. The average Bonchev–Trinajstić information content (AvgIpc) is 3.13. The van der Waals surface area contributed by atoms with E-state index in [2.05, 4.69) is 15.4 Å². The largest absolute Gasteiger partial charge is 0.492 e. The van der Waals surface area contributed by atoms with E-state index in [1.54, 1.807) is 28.4 Å². The van der Waals surface area contributed by atoms with Crippen LogP contribution in [0.3, 0.4) is 0 Å². The maximum atomic E-state index is 13.0. The normalized spacial score (nSPS) is 11.0. The molecule has 0 aliphatic heterocycles. The quantitative estimate of drug-likeness (QED) is 0.484. The van der Waals surface area contributed by atoms with Crippen LogP contribution in [0.15, 0.2) is 59.4 Å². The number of hydrogen-bond donors (Lipinski definition) is 1. The molecule has 0 fully saturated rings. The fraction of sp³-hybridized carbons (Fsp3) is 0.250. The van der Waals surface area contributed by atoms with Gasteiger partial charge in [0.05, 0.1) is 23.7 Å². The zero-order valence-corrected chi connectivity index (χ0v) is 18.3. The van der Waals surface area contributed by atoms with Gasteiger partial charge in [-0.25, -0.2) is 9.67 Å². The van der Waals surface area contributed by atoms with Crippen LogP contribution in [-0.4, -0.2) is 31.8 Å². The highest BCUT2D eigenvalue weighted by atomic mass is 16.5. The summed E-state index contributed by atoms with van der Waals surface area (Å²) in [6.07, 6.45) is 0.348. The predicted molar refractivity (Wildman–Crippen MR) is 123 cm³/mol. The first-order valence-electron chi connectivity index (χ1n) is 10.5. The van der Waals surface area contributed by atoms with Crippen molar-refractivity contribution in [3.05, 3.63) is 76.3 Å². The lowest BCUT2D eigenvalue weighted by Crippen LogP contribution is -2.25. The second-order valence-electron chi connectivity index (χ2n) is 7.40. The predicted octanol–water partition coefficient (Wildman–Crippen LogP) is 3.40. The Kier molecular flexibility index (Phi) is 6.02. The van der Waals surface area contributed by atoms with Gasteiger partial charge in [-0.3, -0.25) is 14.2 Å². The molecule has 0 radical (unpaired) electrons. The van der Waals surface area contributed by atoms with Crippen molar-refractivity contribution < 1.29 is 9.53 Å². The Morgan fingerprint density at radius 2 is 1.81 bits per heavy atom. The average molecular weight is 431 g/mol. The summed E-state index contributed by atoms with van der Waals surface area (Å²) in [6, 6.07) is 16.9. The van der Waals surface area contributed by atoms with Gasteiger partial charge in [0.2, 0.25) is 5.91 Å². The molecule has 8 heteroatoms. The molecule has 0 aliphatic rings. The lowest BCUT2D eigenvalue weighted by molar-refractivity contribution is -0.116. The number of aromatic nitrogens is 4. The second kappa shape index (κ2) is 9.05. The summed E-state index contributed by atoms with van der Waals surface area (Å²) in [6.45, 7) is 4.25. The van der Waals surface area contributed by atoms with Crippen LogP contribution < -0.4 is 15.6 Å². The Morgan fingerprint density at radius 1 is 1.09 bits per heavy atom. The molecular weight excluding hydrogens is 406 g/mol. The first-order valence-corrected chi connectivity index (χ1v) is 10.5. The molecule has 4 rings (SSSR count). The van der Waals surface area contributed by atoms with Crippen LogP contribution in [0.2, 0.25) is 0 Å². The van der Waals surface area contributed by atoms with Crippen LogP contribution in [0.1, 0.15) is 24.7 Å². The van der Waals surface area contributed by atoms with Gasteiger partial charge >= 0.3 is 0 Å². The SMILES string of the molecule is CCOc1ccccc1NC(=O)CCc1nc2c(C)nn(-c3ccccc3)c2n(C)c1=O. The maximum absolute atomic E-state index is 13.0. The molecule has 164 valence electrons. The number of ether oxygens (including phenoxy) is 1. The number of amides is 1. The maximum Gasteiger partial charge on any atom is 0.273 e. The van der Waals surface area contributed by atoms with Gasteiger partial charge in [-0.05, 0) is 38.1 Å². The van der Waals surface area contributed by atoms with E-state index in [1.807, 2.05) is 56.3 Å². The number of carbonyl (C=O) groups excluding carboxylic acids is 1. The molecule has 0 bridgehead atoms. The smallest absolute Gasteiger partial charge is 0.273 e. The number of aryl methyl sites for hydroxylation is 3. The van der Waals surface area contributed by atoms with Gasteiger partial charge in [0.1, 0.15) is 17.0 Å². The Balaban J connectivity index is 1.58. The highest BCUT2D eigenvalue weighted by molar-refractivity contribution is 5.92. The highest BCUT2D eigenvalue weighted by Gasteiger charge is 2.18. The minimum absolute atomic E-state index is 0.125. The summed E-state index contributed by atoms with van der Waals surface area (Å²) in [7, 11) is 1.70. The Hall–Kier alpha value is -3.94. The van der Waals surface area contributed by atoms with Crippen molar-refractivity contribution >= 4 is 22.8 Å². The van der Waals surface area contributed by atoms with E-state index in [9.17, 15) is 9.59 Å². The van der Waals surface area contributed by atoms with Gasteiger partial charge < -0.3 is 10.1 Å². The third-order valence-electron chi connectivity index (χ3n) is 5.17. The molecule has 2 aromatic carbocycles. The van der Waals surface area contributed by atoms with E-state index in [0.29, 0.717) is 34.9 Å². The second-order valence-corrected chi connectivity index (χ2v) is 7.40. The van der Waals surface area contributed by atoms with Gasteiger partial charge in [-0.15, -0.1) is 0 Å². The zero-order chi connectivity index (χ0) is 22.7. The van der Waals surface area contributed by atoms with Crippen molar-refractivity contribution in [2.24, 2.45) is 7.05 Å². The molecule has 0 spiro atoms. The van der Waals surface area contributed by atoms with Crippen LogP contribution in [0, 0.1) is 6.92 Å². The third kappa shape index (κ3) is 4.12. The Bertz CT molecular complexity index is 1320. The Morgan fingerprint density at radius 3 is 2.56 bits per heavy atom. The number of carbonyl (C=O) groups is 1. The van der Waals surface area contributed by atoms with Crippen molar-refractivity contribution in [3.8, 4) is 11.4 Å². The molecule has 4 aromatic rings. The summed E-state index contributed by atoms with van der Waals surface area (Å²) in [4.78, 5) is 30.1. The summed E-state index contributed by atoms with van der Waals surface area (Å²) in [5.74, 6) is 0.403. The topological polar surface area (TPSA) is 91.0 Å². The van der Waals surface area contributed by atoms with Gasteiger partial charge in [0.25, 0.3) is 5.56 Å². The molecule has 0 saturated heterocycles.